The predicted octanol–water partition coefficient (Wildman–Crippen LogP) is 3.99. The van der Waals surface area contributed by atoms with E-state index in [0.29, 0.717) is 12.8 Å². The Labute approximate surface area is 135 Å². The van der Waals surface area contributed by atoms with E-state index < -0.39 is 0 Å². The zero-order valence-corrected chi connectivity index (χ0v) is 12.6. The van der Waals surface area contributed by atoms with Crippen LogP contribution < -0.4 is 0 Å². The zero-order valence-electron chi connectivity index (χ0n) is 12.6. The van der Waals surface area contributed by atoms with Gasteiger partial charge in [0.25, 0.3) is 0 Å². The van der Waals surface area contributed by atoms with Crippen LogP contribution in [0.15, 0.2) is 66.7 Å². The fourth-order valence-corrected chi connectivity index (χ4v) is 2.64. The highest BCUT2D eigenvalue weighted by molar-refractivity contribution is 5.45. The number of hydrogen-bond acceptors (Lipinski definition) is 3. The second kappa shape index (κ2) is 6.44. The van der Waals surface area contributed by atoms with Crippen LogP contribution in [0.4, 0.5) is 0 Å². The SMILES string of the molecule is Oc1ccc(Cc2cccc(O)c2Cc2ccc(O)cc2)cc1. The molecular formula is C20H18O3. The van der Waals surface area contributed by atoms with Gasteiger partial charge < -0.3 is 15.3 Å². The molecule has 0 aromatic heterocycles. The number of phenols is 3. The summed E-state index contributed by atoms with van der Waals surface area (Å²) in [5.41, 5.74) is 4.02. The standard InChI is InChI=1S/C20H18O3/c21-17-8-4-14(5-9-17)12-16-2-1-3-20(23)19(16)13-15-6-10-18(22)11-7-15/h1-11,21-23H,12-13H2. The molecule has 0 aliphatic heterocycles. The van der Waals surface area contributed by atoms with Gasteiger partial charge in [0.05, 0.1) is 0 Å². The molecule has 3 aromatic carbocycles. The average Bonchev–Trinajstić information content (AvgIpc) is 2.55. The molecule has 0 atom stereocenters. The van der Waals surface area contributed by atoms with Gasteiger partial charge in [-0.25, -0.2) is 0 Å². The van der Waals surface area contributed by atoms with Crippen molar-refractivity contribution >= 4 is 0 Å². The summed E-state index contributed by atoms with van der Waals surface area (Å²) in [6.45, 7) is 0. The van der Waals surface area contributed by atoms with Crippen molar-refractivity contribution in [3.63, 3.8) is 0 Å². The minimum atomic E-state index is 0.232. The Morgan fingerprint density at radius 2 is 1.09 bits per heavy atom. The molecule has 3 heteroatoms. The number of rotatable bonds is 4. The van der Waals surface area contributed by atoms with Gasteiger partial charge in [0.2, 0.25) is 0 Å². The molecule has 0 spiro atoms. The Balaban J connectivity index is 1.90. The van der Waals surface area contributed by atoms with Gasteiger partial charge in [-0.05, 0) is 53.4 Å². The fourth-order valence-electron chi connectivity index (χ4n) is 2.64. The minimum absolute atomic E-state index is 0.232. The summed E-state index contributed by atoms with van der Waals surface area (Å²) in [5.74, 6) is 0.749. The first-order valence-corrected chi connectivity index (χ1v) is 7.47. The highest BCUT2D eigenvalue weighted by atomic mass is 16.3. The second-order valence-electron chi connectivity index (χ2n) is 5.60. The Morgan fingerprint density at radius 1 is 0.565 bits per heavy atom. The maximum Gasteiger partial charge on any atom is 0.119 e. The monoisotopic (exact) mass is 306 g/mol. The van der Waals surface area contributed by atoms with Crippen LogP contribution >= 0.6 is 0 Å². The number of hydrogen-bond donors (Lipinski definition) is 3. The number of benzene rings is 3. The molecule has 0 saturated carbocycles. The maximum atomic E-state index is 10.2. The quantitative estimate of drug-likeness (QED) is 0.683. The molecular weight excluding hydrogens is 288 g/mol. The first-order chi connectivity index (χ1) is 11.1. The third-order valence-corrected chi connectivity index (χ3v) is 3.90. The zero-order chi connectivity index (χ0) is 16.2. The Kier molecular flexibility index (Phi) is 4.20. The van der Waals surface area contributed by atoms with E-state index in [1.807, 2.05) is 36.4 Å². The summed E-state index contributed by atoms with van der Waals surface area (Å²) in [7, 11) is 0. The molecule has 0 fully saturated rings. The molecule has 0 aliphatic rings. The third kappa shape index (κ3) is 3.64. The van der Waals surface area contributed by atoms with Gasteiger partial charge >= 0.3 is 0 Å². The van der Waals surface area contributed by atoms with Gasteiger partial charge in [-0.1, -0.05) is 36.4 Å². The number of phenolic OH excluding ortho intramolecular Hbond substituents is 3. The molecule has 0 radical (unpaired) electrons. The molecule has 0 bridgehead atoms. The van der Waals surface area contributed by atoms with Crippen LogP contribution in [0.5, 0.6) is 17.2 Å². The largest absolute Gasteiger partial charge is 0.508 e. The van der Waals surface area contributed by atoms with Crippen molar-refractivity contribution < 1.29 is 15.3 Å². The smallest absolute Gasteiger partial charge is 0.119 e. The van der Waals surface area contributed by atoms with E-state index in [1.165, 1.54) is 0 Å². The second-order valence-corrected chi connectivity index (χ2v) is 5.60. The topological polar surface area (TPSA) is 60.7 Å². The van der Waals surface area contributed by atoms with E-state index in [-0.39, 0.29) is 17.2 Å². The van der Waals surface area contributed by atoms with Crippen LogP contribution in [-0.4, -0.2) is 15.3 Å². The van der Waals surface area contributed by atoms with E-state index in [4.69, 9.17) is 0 Å². The van der Waals surface area contributed by atoms with E-state index in [1.54, 1.807) is 30.3 Å². The van der Waals surface area contributed by atoms with E-state index in [2.05, 4.69) is 0 Å². The van der Waals surface area contributed by atoms with Crippen molar-refractivity contribution in [3.8, 4) is 17.2 Å². The predicted molar refractivity (Wildman–Crippen MR) is 89.9 cm³/mol. The van der Waals surface area contributed by atoms with Crippen LogP contribution in [0.25, 0.3) is 0 Å². The molecule has 23 heavy (non-hydrogen) atoms. The molecule has 0 heterocycles. The Morgan fingerprint density at radius 3 is 1.65 bits per heavy atom. The fraction of sp³-hybridized carbons (Fsp3) is 0.100. The molecule has 116 valence electrons. The van der Waals surface area contributed by atoms with Gasteiger partial charge in [-0.2, -0.15) is 0 Å². The van der Waals surface area contributed by atoms with Crippen LogP contribution in [0.2, 0.25) is 0 Å². The Bertz CT molecular complexity index is 790. The maximum absolute atomic E-state index is 10.2. The van der Waals surface area contributed by atoms with Gasteiger partial charge in [0, 0.05) is 12.0 Å². The molecule has 0 saturated heterocycles. The minimum Gasteiger partial charge on any atom is -0.508 e. The summed E-state index contributed by atoms with van der Waals surface area (Å²) < 4.78 is 0. The summed E-state index contributed by atoms with van der Waals surface area (Å²) >= 11 is 0. The van der Waals surface area contributed by atoms with Gasteiger partial charge in [0.15, 0.2) is 0 Å². The first kappa shape index (κ1) is 15.0. The van der Waals surface area contributed by atoms with Crippen molar-refractivity contribution in [1.29, 1.82) is 0 Å². The lowest BCUT2D eigenvalue weighted by Gasteiger charge is -2.12. The lowest BCUT2D eigenvalue weighted by atomic mass is 9.94. The lowest BCUT2D eigenvalue weighted by molar-refractivity contribution is 0.468. The molecule has 3 nitrogen and oxygen atoms in total. The van der Waals surface area contributed by atoms with E-state index in [9.17, 15) is 15.3 Å². The van der Waals surface area contributed by atoms with Crippen molar-refractivity contribution in [2.24, 2.45) is 0 Å². The molecule has 0 aliphatic carbocycles. The average molecular weight is 306 g/mol. The van der Waals surface area contributed by atoms with Crippen LogP contribution in [0.3, 0.4) is 0 Å². The molecule has 3 N–H and O–H groups in total. The van der Waals surface area contributed by atoms with Gasteiger partial charge in [-0.3, -0.25) is 0 Å². The van der Waals surface area contributed by atoms with Crippen LogP contribution in [-0.2, 0) is 12.8 Å². The summed E-state index contributed by atoms with van der Waals surface area (Å²) in [4.78, 5) is 0. The van der Waals surface area contributed by atoms with Gasteiger partial charge in [-0.15, -0.1) is 0 Å². The van der Waals surface area contributed by atoms with Crippen LogP contribution in [0, 0.1) is 0 Å². The highest BCUT2D eigenvalue weighted by Crippen LogP contribution is 2.27. The summed E-state index contributed by atoms with van der Waals surface area (Å²) in [6, 6.07) is 19.6. The van der Waals surface area contributed by atoms with E-state index >= 15 is 0 Å². The summed E-state index contributed by atoms with van der Waals surface area (Å²) in [5, 5.41) is 29.0. The Hall–Kier alpha value is -2.94. The molecule has 0 unspecified atom stereocenters. The van der Waals surface area contributed by atoms with Crippen molar-refractivity contribution in [2.45, 2.75) is 12.8 Å². The highest BCUT2D eigenvalue weighted by Gasteiger charge is 2.10. The van der Waals surface area contributed by atoms with Crippen molar-refractivity contribution in [3.05, 3.63) is 89.0 Å². The van der Waals surface area contributed by atoms with Gasteiger partial charge in [0.1, 0.15) is 17.2 Å². The molecule has 3 aromatic rings. The van der Waals surface area contributed by atoms with E-state index in [0.717, 1.165) is 22.3 Å². The number of aromatic hydroxyl groups is 3. The van der Waals surface area contributed by atoms with Crippen LogP contribution in [0.1, 0.15) is 22.3 Å². The normalized spacial score (nSPS) is 10.6. The summed E-state index contributed by atoms with van der Waals surface area (Å²) in [6.07, 6.45) is 1.28. The van der Waals surface area contributed by atoms with Crippen molar-refractivity contribution in [1.82, 2.24) is 0 Å². The third-order valence-electron chi connectivity index (χ3n) is 3.90. The molecule has 3 rings (SSSR count). The lowest BCUT2D eigenvalue weighted by Crippen LogP contribution is -1.98. The van der Waals surface area contributed by atoms with Crippen molar-refractivity contribution in [2.75, 3.05) is 0 Å². The first-order valence-electron chi connectivity index (χ1n) is 7.47. The molecule has 0 amide bonds.